The summed E-state index contributed by atoms with van der Waals surface area (Å²) in [6.07, 6.45) is 0. The van der Waals surface area contributed by atoms with E-state index in [1.54, 1.807) is 34.1 Å². The van der Waals surface area contributed by atoms with Gasteiger partial charge in [-0.1, -0.05) is 29.8 Å². The Balaban J connectivity index is 1.80. The molecule has 2 amide bonds. The number of amides is 2. The van der Waals surface area contributed by atoms with Gasteiger partial charge in [0.1, 0.15) is 0 Å². The molecule has 0 aliphatic carbocycles. The zero-order valence-corrected chi connectivity index (χ0v) is 14.2. The van der Waals surface area contributed by atoms with Crippen LogP contribution in [-0.4, -0.2) is 38.0 Å². The number of halogens is 1. The molecule has 0 saturated carbocycles. The van der Waals surface area contributed by atoms with Crippen molar-refractivity contribution in [3.8, 4) is 0 Å². The number of benzene rings is 2. The quantitative estimate of drug-likeness (QED) is 0.772. The Hall–Kier alpha value is -2.05. The molecule has 4 rings (SSSR count). The Labute approximate surface area is 145 Å². The summed E-state index contributed by atoms with van der Waals surface area (Å²) in [5, 5.41) is 0.570. The van der Waals surface area contributed by atoms with Crippen molar-refractivity contribution < 1.29 is 13.2 Å². The van der Waals surface area contributed by atoms with Crippen LogP contribution in [0.5, 0.6) is 0 Å². The van der Waals surface area contributed by atoms with Gasteiger partial charge < -0.3 is 0 Å². The van der Waals surface area contributed by atoms with Crippen LogP contribution in [0.15, 0.2) is 54.6 Å². The fourth-order valence-corrected chi connectivity index (χ4v) is 5.54. The van der Waals surface area contributed by atoms with Crippen LogP contribution in [0.3, 0.4) is 0 Å². The van der Waals surface area contributed by atoms with Crippen LogP contribution < -0.4 is 9.80 Å². The largest absolute Gasteiger partial charge is 0.329 e. The predicted molar refractivity (Wildman–Crippen MR) is 94.5 cm³/mol. The van der Waals surface area contributed by atoms with E-state index in [1.807, 2.05) is 30.3 Å². The van der Waals surface area contributed by atoms with E-state index in [4.69, 9.17) is 11.6 Å². The van der Waals surface area contributed by atoms with E-state index in [0.717, 1.165) is 0 Å². The minimum Gasteiger partial charge on any atom is -0.288 e. The maximum atomic E-state index is 13.0. The van der Waals surface area contributed by atoms with Crippen molar-refractivity contribution in [3.05, 3.63) is 59.6 Å². The monoisotopic (exact) mass is 362 g/mol. The zero-order chi connectivity index (χ0) is 16.9. The fourth-order valence-electron chi connectivity index (χ4n) is 3.50. The van der Waals surface area contributed by atoms with Gasteiger partial charge in [0.05, 0.1) is 23.6 Å². The van der Waals surface area contributed by atoms with Crippen LogP contribution >= 0.6 is 11.6 Å². The number of fused-ring (bicyclic) bond motifs is 1. The third-order valence-electron chi connectivity index (χ3n) is 4.51. The second-order valence-electron chi connectivity index (χ2n) is 6.05. The molecule has 7 heteroatoms. The first kappa shape index (κ1) is 15.5. The van der Waals surface area contributed by atoms with Crippen LogP contribution in [0, 0.1) is 0 Å². The van der Waals surface area contributed by atoms with Crippen LogP contribution in [0.1, 0.15) is 0 Å². The van der Waals surface area contributed by atoms with Crippen molar-refractivity contribution in [3.63, 3.8) is 0 Å². The first-order chi connectivity index (χ1) is 11.5. The molecule has 2 aromatic carbocycles. The number of hydrogen-bond donors (Lipinski definition) is 0. The molecule has 5 nitrogen and oxygen atoms in total. The smallest absolute Gasteiger partial charge is 0.288 e. The molecule has 24 heavy (non-hydrogen) atoms. The predicted octanol–water partition coefficient (Wildman–Crippen LogP) is 2.95. The molecule has 0 bridgehead atoms. The Morgan fingerprint density at radius 3 is 1.88 bits per heavy atom. The number of para-hydroxylation sites is 1. The molecule has 0 unspecified atom stereocenters. The maximum absolute atomic E-state index is 13.0. The summed E-state index contributed by atoms with van der Waals surface area (Å²) in [7, 11) is -3.18. The van der Waals surface area contributed by atoms with E-state index in [1.165, 1.54) is 0 Å². The van der Waals surface area contributed by atoms with Gasteiger partial charge in [-0.05, 0) is 36.4 Å². The van der Waals surface area contributed by atoms with Crippen LogP contribution in [-0.2, 0) is 9.84 Å². The lowest BCUT2D eigenvalue weighted by Gasteiger charge is -2.22. The Morgan fingerprint density at radius 1 is 0.833 bits per heavy atom. The van der Waals surface area contributed by atoms with E-state index in [0.29, 0.717) is 16.4 Å². The van der Waals surface area contributed by atoms with Crippen molar-refractivity contribution in [2.24, 2.45) is 0 Å². The number of carbonyl (C=O) groups excluding carboxylic acids is 1. The number of nitrogens with zero attached hydrogens (tertiary/aromatic N) is 2. The van der Waals surface area contributed by atoms with Gasteiger partial charge in [0.15, 0.2) is 9.84 Å². The van der Waals surface area contributed by atoms with Crippen molar-refractivity contribution >= 4 is 38.8 Å². The lowest BCUT2D eigenvalue weighted by Crippen LogP contribution is -2.37. The van der Waals surface area contributed by atoms with Gasteiger partial charge in [-0.2, -0.15) is 0 Å². The molecule has 2 aliphatic heterocycles. The molecule has 2 aliphatic rings. The highest BCUT2D eigenvalue weighted by molar-refractivity contribution is 7.91. The standard InChI is InChI=1S/C17H15ClN2O3S/c18-12-6-8-14(9-7-12)20-16-11-24(22,23)10-15(16)19(17(20)21)13-4-2-1-3-5-13/h1-9,15-16H,10-11H2/t15-,16-/m0/s1. The fraction of sp³-hybridized carbons (Fsp3) is 0.235. The molecule has 0 N–H and O–H groups in total. The highest BCUT2D eigenvalue weighted by Crippen LogP contribution is 2.37. The maximum Gasteiger partial charge on any atom is 0.329 e. The third kappa shape index (κ3) is 2.46. The number of anilines is 2. The minimum absolute atomic E-state index is 0.0115. The molecule has 2 aromatic rings. The lowest BCUT2D eigenvalue weighted by molar-refractivity contribution is 0.255. The summed E-state index contributed by atoms with van der Waals surface area (Å²) in [5.41, 5.74) is 1.38. The SMILES string of the molecule is O=C1N(c2ccccc2)[C@H]2CS(=O)(=O)C[C@@H]2N1c1ccc(Cl)cc1. The lowest BCUT2D eigenvalue weighted by atomic mass is 10.1. The summed E-state index contributed by atoms with van der Waals surface area (Å²) in [4.78, 5) is 16.2. The van der Waals surface area contributed by atoms with Crippen LogP contribution in [0.4, 0.5) is 16.2 Å². The Bertz CT molecular complexity index is 884. The summed E-state index contributed by atoms with van der Waals surface area (Å²) in [6.45, 7) is 0. The van der Waals surface area contributed by atoms with E-state index >= 15 is 0 Å². The summed E-state index contributed by atoms with van der Waals surface area (Å²) < 4.78 is 24.3. The second-order valence-corrected chi connectivity index (χ2v) is 8.64. The average molecular weight is 363 g/mol. The van der Waals surface area contributed by atoms with E-state index in [9.17, 15) is 13.2 Å². The van der Waals surface area contributed by atoms with E-state index < -0.39 is 9.84 Å². The van der Waals surface area contributed by atoms with Gasteiger partial charge in [-0.3, -0.25) is 9.80 Å². The molecular weight excluding hydrogens is 348 g/mol. The second kappa shape index (κ2) is 5.50. The molecule has 0 radical (unpaired) electrons. The highest BCUT2D eigenvalue weighted by Gasteiger charge is 2.54. The molecule has 2 fully saturated rings. The summed E-state index contributed by atoms with van der Waals surface area (Å²) in [6, 6.07) is 15.1. The van der Waals surface area contributed by atoms with Crippen molar-refractivity contribution in [1.82, 2.24) is 0 Å². The van der Waals surface area contributed by atoms with Gasteiger partial charge >= 0.3 is 6.03 Å². The summed E-state index contributed by atoms with van der Waals surface area (Å²) >= 11 is 5.93. The molecule has 0 spiro atoms. The highest BCUT2D eigenvalue weighted by atomic mass is 35.5. The average Bonchev–Trinajstić information content (AvgIpc) is 2.98. The number of carbonyl (C=O) groups is 1. The third-order valence-corrected chi connectivity index (χ3v) is 6.46. The van der Waals surface area contributed by atoms with Crippen molar-refractivity contribution in [2.45, 2.75) is 12.1 Å². The zero-order valence-electron chi connectivity index (χ0n) is 12.7. The molecule has 0 aromatic heterocycles. The minimum atomic E-state index is -3.18. The molecule has 2 atom stereocenters. The normalized spacial score (nSPS) is 25.1. The Morgan fingerprint density at radius 2 is 1.33 bits per heavy atom. The molecular formula is C17H15ClN2O3S. The van der Waals surface area contributed by atoms with Gasteiger partial charge in [0.2, 0.25) is 0 Å². The topological polar surface area (TPSA) is 57.7 Å². The first-order valence-electron chi connectivity index (χ1n) is 7.60. The first-order valence-corrected chi connectivity index (χ1v) is 9.80. The van der Waals surface area contributed by atoms with Gasteiger partial charge in [-0.15, -0.1) is 0 Å². The van der Waals surface area contributed by atoms with Crippen molar-refractivity contribution in [1.29, 1.82) is 0 Å². The molecule has 124 valence electrons. The van der Waals surface area contributed by atoms with E-state index in [-0.39, 0.29) is 29.6 Å². The number of rotatable bonds is 2. The molecule has 2 heterocycles. The van der Waals surface area contributed by atoms with Crippen LogP contribution in [0.25, 0.3) is 0 Å². The number of urea groups is 1. The summed E-state index contributed by atoms with van der Waals surface area (Å²) in [5.74, 6) is -0.0300. The van der Waals surface area contributed by atoms with Crippen LogP contribution in [0.2, 0.25) is 5.02 Å². The van der Waals surface area contributed by atoms with Gasteiger partial charge in [-0.25, -0.2) is 13.2 Å². The van der Waals surface area contributed by atoms with E-state index in [2.05, 4.69) is 0 Å². The van der Waals surface area contributed by atoms with Gasteiger partial charge in [0.25, 0.3) is 0 Å². The number of hydrogen-bond acceptors (Lipinski definition) is 3. The number of sulfone groups is 1. The van der Waals surface area contributed by atoms with Crippen molar-refractivity contribution in [2.75, 3.05) is 21.3 Å². The van der Waals surface area contributed by atoms with Gasteiger partial charge in [0, 0.05) is 16.4 Å². The molecule has 2 saturated heterocycles. The Kier molecular flexibility index (Phi) is 3.54.